The Morgan fingerprint density at radius 1 is 1.27 bits per heavy atom. The minimum absolute atomic E-state index is 0.0208. The van der Waals surface area contributed by atoms with Crippen molar-refractivity contribution < 1.29 is 27.6 Å². The van der Waals surface area contributed by atoms with Crippen LogP contribution in [0.1, 0.15) is 44.5 Å². The SMILES string of the molecule is CC1(C)OB(C2CCN(C(=O)c3cccc(OC(F)F)c3)C2)OC1(C)C. The molecule has 0 aliphatic carbocycles. The van der Waals surface area contributed by atoms with Crippen LogP contribution in [0.5, 0.6) is 5.75 Å². The van der Waals surface area contributed by atoms with Crippen LogP contribution in [0.2, 0.25) is 5.82 Å². The van der Waals surface area contributed by atoms with E-state index in [9.17, 15) is 13.6 Å². The minimum atomic E-state index is -2.92. The topological polar surface area (TPSA) is 48.0 Å². The zero-order valence-electron chi connectivity index (χ0n) is 15.5. The van der Waals surface area contributed by atoms with Gasteiger partial charge >= 0.3 is 13.7 Å². The summed E-state index contributed by atoms with van der Waals surface area (Å²) >= 11 is 0. The number of hydrogen-bond acceptors (Lipinski definition) is 4. The Bertz CT molecular complexity index is 667. The van der Waals surface area contributed by atoms with E-state index in [1.54, 1.807) is 11.0 Å². The fraction of sp³-hybridized carbons (Fsp3) is 0.611. The monoisotopic (exact) mass is 367 g/mol. The van der Waals surface area contributed by atoms with E-state index in [0.717, 1.165) is 6.42 Å². The molecule has 26 heavy (non-hydrogen) atoms. The van der Waals surface area contributed by atoms with Crippen molar-refractivity contribution in [3.63, 3.8) is 0 Å². The quantitative estimate of drug-likeness (QED) is 0.763. The summed E-state index contributed by atoms with van der Waals surface area (Å²) in [7, 11) is -0.355. The molecule has 2 aliphatic rings. The number of nitrogens with zero attached hydrogens (tertiary/aromatic N) is 1. The molecule has 1 aromatic carbocycles. The van der Waals surface area contributed by atoms with Gasteiger partial charge < -0.3 is 18.9 Å². The molecule has 0 radical (unpaired) electrons. The van der Waals surface area contributed by atoms with Gasteiger partial charge in [-0.1, -0.05) is 6.07 Å². The van der Waals surface area contributed by atoms with E-state index in [1.165, 1.54) is 18.2 Å². The van der Waals surface area contributed by atoms with Gasteiger partial charge in [0.25, 0.3) is 5.91 Å². The van der Waals surface area contributed by atoms with Crippen LogP contribution in [0.3, 0.4) is 0 Å². The van der Waals surface area contributed by atoms with E-state index in [2.05, 4.69) is 4.74 Å². The van der Waals surface area contributed by atoms with Crippen molar-refractivity contribution >= 4 is 13.0 Å². The highest BCUT2D eigenvalue weighted by Gasteiger charge is 2.54. The Morgan fingerprint density at radius 2 is 1.92 bits per heavy atom. The van der Waals surface area contributed by atoms with Gasteiger partial charge in [0, 0.05) is 24.5 Å². The molecule has 8 heteroatoms. The Labute approximate surface area is 152 Å². The molecule has 0 bridgehead atoms. The number of carbonyl (C=O) groups excluding carboxylic acids is 1. The van der Waals surface area contributed by atoms with Crippen molar-refractivity contribution in [1.29, 1.82) is 0 Å². The van der Waals surface area contributed by atoms with Gasteiger partial charge in [-0.2, -0.15) is 8.78 Å². The lowest BCUT2D eigenvalue weighted by molar-refractivity contribution is -0.0499. The summed E-state index contributed by atoms with van der Waals surface area (Å²) in [4.78, 5) is 14.4. The summed E-state index contributed by atoms with van der Waals surface area (Å²) in [5.41, 5.74) is -0.482. The van der Waals surface area contributed by atoms with Gasteiger partial charge in [-0.15, -0.1) is 0 Å². The lowest BCUT2D eigenvalue weighted by Gasteiger charge is -2.32. The Kier molecular flexibility index (Phi) is 5.01. The number of carbonyl (C=O) groups is 1. The van der Waals surface area contributed by atoms with Crippen LogP contribution in [-0.4, -0.2) is 48.8 Å². The highest BCUT2D eigenvalue weighted by atomic mass is 19.3. The second-order valence-electron chi connectivity index (χ2n) is 7.83. The summed E-state index contributed by atoms with van der Waals surface area (Å²) < 4.78 is 41.3. The van der Waals surface area contributed by atoms with Gasteiger partial charge in [-0.05, 0) is 52.3 Å². The maximum absolute atomic E-state index is 12.7. The average molecular weight is 367 g/mol. The standard InChI is InChI=1S/C18H24BF2NO4/c1-17(2)18(3,4)26-19(25-17)13-8-9-22(11-13)15(23)12-6-5-7-14(10-12)24-16(20)21/h5-7,10,13,16H,8-9,11H2,1-4H3. The van der Waals surface area contributed by atoms with Crippen LogP contribution in [0.25, 0.3) is 0 Å². The minimum Gasteiger partial charge on any atom is -0.435 e. The molecule has 1 amide bonds. The molecule has 2 saturated heterocycles. The molecule has 1 unspecified atom stereocenters. The average Bonchev–Trinajstić information content (AvgIpc) is 3.09. The highest BCUT2D eigenvalue weighted by molar-refractivity contribution is 6.47. The van der Waals surface area contributed by atoms with Crippen molar-refractivity contribution in [2.75, 3.05) is 13.1 Å². The van der Waals surface area contributed by atoms with Gasteiger partial charge in [-0.25, -0.2) is 0 Å². The number of amides is 1. The van der Waals surface area contributed by atoms with E-state index in [1.807, 2.05) is 27.7 Å². The number of rotatable bonds is 4. The highest BCUT2D eigenvalue weighted by Crippen LogP contribution is 2.42. The smallest absolute Gasteiger partial charge is 0.435 e. The molecule has 3 rings (SSSR count). The van der Waals surface area contributed by atoms with E-state index in [4.69, 9.17) is 9.31 Å². The van der Waals surface area contributed by atoms with E-state index >= 15 is 0 Å². The number of alkyl halides is 2. The summed E-state index contributed by atoms with van der Waals surface area (Å²) in [6.45, 7) is 6.17. The normalized spacial score (nSPS) is 24.3. The zero-order valence-corrected chi connectivity index (χ0v) is 15.5. The van der Waals surface area contributed by atoms with Gasteiger partial charge in [0.05, 0.1) is 11.2 Å². The molecule has 0 saturated carbocycles. The first-order chi connectivity index (χ1) is 12.1. The number of hydrogen-bond donors (Lipinski definition) is 0. The largest absolute Gasteiger partial charge is 0.463 e. The van der Waals surface area contributed by atoms with E-state index < -0.39 is 17.8 Å². The van der Waals surface area contributed by atoms with Crippen molar-refractivity contribution in [3.8, 4) is 5.75 Å². The first-order valence-electron chi connectivity index (χ1n) is 8.79. The maximum atomic E-state index is 12.7. The van der Waals surface area contributed by atoms with Crippen LogP contribution in [-0.2, 0) is 9.31 Å². The lowest BCUT2D eigenvalue weighted by Crippen LogP contribution is -2.41. The first kappa shape index (κ1) is 19.1. The molecule has 142 valence electrons. The van der Waals surface area contributed by atoms with Crippen LogP contribution in [0, 0.1) is 0 Å². The van der Waals surface area contributed by atoms with Crippen LogP contribution in [0.4, 0.5) is 8.78 Å². The molecule has 0 spiro atoms. The van der Waals surface area contributed by atoms with Crippen LogP contribution < -0.4 is 4.74 Å². The summed E-state index contributed by atoms with van der Waals surface area (Å²) in [6, 6.07) is 5.88. The predicted molar refractivity (Wildman–Crippen MR) is 93.4 cm³/mol. The van der Waals surface area contributed by atoms with Gasteiger partial charge in [0.2, 0.25) is 0 Å². The maximum Gasteiger partial charge on any atom is 0.463 e. The molecule has 2 heterocycles. The first-order valence-corrected chi connectivity index (χ1v) is 8.79. The van der Waals surface area contributed by atoms with Gasteiger partial charge in [0.1, 0.15) is 5.75 Å². The van der Waals surface area contributed by atoms with E-state index in [-0.39, 0.29) is 24.6 Å². The number of halogens is 2. The third kappa shape index (κ3) is 3.71. The lowest BCUT2D eigenvalue weighted by atomic mass is 9.71. The third-order valence-corrected chi connectivity index (χ3v) is 5.47. The molecule has 2 aliphatic heterocycles. The molecule has 5 nitrogen and oxygen atoms in total. The fourth-order valence-electron chi connectivity index (χ4n) is 3.26. The molecule has 0 aromatic heterocycles. The van der Waals surface area contributed by atoms with E-state index in [0.29, 0.717) is 18.7 Å². The van der Waals surface area contributed by atoms with Crippen LogP contribution in [0.15, 0.2) is 24.3 Å². The summed E-state index contributed by atoms with van der Waals surface area (Å²) in [5, 5.41) is 0. The second kappa shape index (κ2) is 6.81. The molecule has 0 N–H and O–H groups in total. The zero-order chi connectivity index (χ0) is 19.1. The molecule has 1 atom stereocenters. The van der Waals surface area contributed by atoms with Gasteiger partial charge in [0.15, 0.2) is 0 Å². The molecular weight excluding hydrogens is 343 g/mol. The van der Waals surface area contributed by atoms with Crippen molar-refractivity contribution in [3.05, 3.63) is 29.8 Å². The summed E-state index contributed by atoms with van der Waals surface area (Å²) in [5.74, 6) is -0.142. The number of benzene rings is 1. The Hall–Kier alpha value is -1.67. The van der Waals surface area contributed by atoms with Crippen molar-refractivity contribution in [2.24, 2.45) is 0 Å². The molecule has 2 fully saturated rings. The third-order valence-electron chi connectivity index (χ3n) is 5.47. The second-order valence-corrected chi connectivity index (χ2v) is 7.83. The van der Waals surface area contributed by atoms with Crippen molar-refractivity contribution in [2.45, 2.75) is 57.7 Å². The fourth-order valence-corrected chi connectivity index (χ4v) is 3.26. The Balaban J connectivity index is 1.65. The number of ether oxygens (including phenoxy) is 1. The van der Waals surface area contributed by atoms with Gasteiger partial charge in [-0.3, -0.25) is 4.79 Å². The van der Waals surface area contributed by atoms with Crippen LogP contribution >= 0.6 is 0 Å². The molecule has 1 aromatic rings. The van der Waals surface area contributed by atoms with Crippen molar-refractivity contribution in [1.82, 2.24) is 4.90 Å². The summed E-state index contributed by atoms with van der Waals surface area (Å²) in [6.07, 6.45) is 0.774. The number of likely N-dealkylation sites (tertiary alicyclic amines) is 1. The predicted octanol–water partition coefficient (Wildman–Crippen LogP) is 3.60. The Morgan fingerprint density at radius 3 is 2.54 bits per heavy atom. The molecular formula is C18H24BF2NO4.